The quantitative estimate of drug-likeness (QED) is 0.473. The Hall–Kier alpha value is -1.46. The molecule has 1 aromatic rings. The highest BCUT2D eigenvalue weighted by molar-refractivity contribution is 5.93. The van der Waals surface area contributed by atoms with Crippen LogP contribution in [0, 0.1) is 11.7 Å². The summed E-state index contributed by atoms with van der Waals surface area (Å²) in [6.07, 6.45) is 0.955. The SMILES string of the molecule is CC(C)CC(C)OCc1cc(C(=O)NN)ccc1F. The number of nitrogens with one attached hydrogen (secondary N) is 1. The average Bonchev–Trinajstić information content (AvgIpc) is 2.36. The first-order valence-corrected chi connectivity index (χ1v) is 6.35. The van der Waals surface area contributed by atoms with Gasteiger partial charge in [0, 0.05) is 11.1 Å². The van der Waals surface area contributed by atoms with Gasteiger partial charge < -0.3 is 4.74 Å². The molecule has 1 unspecified atom stereocenters. The highest BCUT2D eigenvalue weighted by Gasteiger charge is 2.11. The lowest BCUT2D eigenvalue weighted by Crippen LogP contribution is -2.30. The zero-order chi connectivity index (χ0) is 14.4. The molecule has 106 valence electrons. The molecule has 0 aliphatic heterocycles. The van der Waals surface area contributed by atoms with E-state index in [2.05, 4.69) is 13.8 Å². The molecule has 0 saturated heterocycles. The van der Waals surface area contributed by atoms with Crippen LogP contribution in [-0.4, -0.2) is 12.0 Å². The predicted molar refractivity (Wildman–Crippen MR) is 71.8 cm³/mol. The minimum absolute atomic E-state index is 0.0476. The lowest BCUT2D eigenvalue weighted by atomic mass is 10.1. The highest BCUT2D eigenvalue weighted by atomic mass is 19.1. The molecule has 0 aromatic heterocycles. The van der Waals surface area contributed by atoms with Crippen LogP contribution in [0.2, 0.25) is 0 Å². The minimum Gasteiger partial charge on any atom is -0.374 e. The van der Waals surface area contributed by atoms with Crippen molar-refractivity contribution in [2.75, 3.05) is 0 Å². The second-order valence-electron chi connectivity index (χ2n) is 5.03. The largest absolute Gasteiger partial charge is 0.374 e. The molecule has 4 nitrogen and oxygen atoms in total. The number of nitrogens with two attached hydrogens (primary N) is 1. The van der Waals surface area contributed by atoms with E-state index in [1.165, 1.54) is 18.2 Å². The van der Waals surface area contributed by atoms with Crippen molar-refractivity contribution in [1.29, 1.82) is 0 Å². The number of amides is 1. The maximum absolute atomic E-state index is 13.6. The van der Waals surface area contributed by atoms with Gasteiger partial charge in [0.25, 0.3) is 5.91 Å². The number of nitrogen functional groups attached to an aromatic ring is 1. The molecule has 1 atom stereocenters. The minimum atomic E-state index is -0.448. The van der Waals surface area contributed by atoms with E-state index in [1.807, 2.05) is 12.3 Å². The normalized spacial score (nSPS) is 12.5. The first-order chi connectivity index (χ1) is 8.93. The molecule has 0 aliphatic rings. The third kappa shape index (κ3) is 4.96. The lowest BCUT2D eigenvalue weighted by Gasteiger charge is -2.15. The topological polar surface area (TPSA) is 64.3 Å². The van der Waals surface area contributed by atoms with Crippen molar-refractivity contribution < 1.29 is 13.9 Å². The summed E-state index contributed by atoms with van der Waals surface area (Å²) in [6, 6.07) is 4.09. The molecule has 19 heavy (non-hydrogen) atoms. The molecule has 1 rings (SSSR count). The number of benzene rings is 1. The van der Waals surface area contributed by atoms with E-state index in [9.17, 15) is 9.18 Å². The van der Waals surface area contributed by atoms with Crippen molar-refractivity contribution in [2.45, 2.75) is 39.9 Å². The fourth-order valence-electron chi connectivity index (χ4n) is 1.87. The van der Waals surface area contributed by atoms with E-state index in [0.29, 0.717) is 17.0 Å². The third-order valence-corrected chi connectivity index (χ3v) is 2.77. The molecule has 1 aromatic carbocycles. The molecule has 0 saturated carbocycles. The Morgan fingerprint density at radius 3 is 2.68 bits per heavy atom. The van der Waals surface area contributed by atoms with Crippen LogP contribution in [0.1, 0.15) is 43.1 Å². The highest BCUT2D eigenvalue weighted by Crippen LogP contribution is 2.15. The fraction of sp³-hybridized carbons (Fsp3) is 0.500. The van der Waals surface area contributed by atoms with Crippen LogP contribution < -0.4 is 11.3 Å². The summed E-state index contributed by atoms with van der Waals surface area (Å²) in [5.41, 5.74) is 2.69. The van der Waals surface area contributed by atoms with Crippen molar-refractivity contribution in [3.63, 3.8) is 0 Å². The standard InChI is InChI=1S/C14H21FN2O2/c1-9(2)6-10(3)19-8-12-7-11(14(18)17-16)4-5-13(12)15/h4-5,7,9-10H,6,8,16H2,1-3H3,(H,17,18). The van der Waals surface area contributed by atoms with Crippen LogP contribution in [0.25, 0.3) is 0 Å². The number of hydrazine groups is 1. The van der Waals surface area contributed by atoms with Gasteiger partial charge in [0.2, 0.25) is 0 Å². The van der Waals surface area contributed by atoms with Crippen molar-refractivity contribution in [3.8, 4) is 0 Å². The van der Waals surface area contributed by atoms with Crippen molar-refractivity contribution in [3.05, 3.63) is 35.1 Å². The smallest absolute Gasteiger partial charge is 0.265 e. The number of halogens is 1. The van der Waals surface area contributed by atoms with E-state index in [1.54, 1.807) is 0 Å². The summed E-state index contributed by atoms with van der Waals surface area (Å²) >= 11 is 0. The van der Waals surface area contributed by atoms with Crippen molar-refractivity contribution in [1.82, 2.24) is 5.43 Å². The van der Waals surface area contributed by atoms with Gasteiger partial charge in [-0.05, 0) is 37.5 Å². The van der Waals surface area contributed by atoms with Gasteiger partial charge >= 0.3 is 0 Å². The third-order valence-electron chi connectivity index (χ3n) is 2.77. The van der Waals surface area contributed by atoms with E-state index in [4.69, 9.17) is 10.6 Å². The molecule has 0 heterocycles. The zero-order valence-electron chi connectivity index (χ0n) is 11.6. The number of carbonyl (C=O) groups is 1. The van der Waals surface area contributed by atoms with Gasteiger partial charge in [-0.15, -0.1) is 0 Å². The predicted octanol–water partition coefficient (Wildman–Crippen LogP) is 2.38. The van der Waals surface area contributed by atoms with E-state index >= 15 is 0 Å². The Morgan fingerprint density at radius 2 is 2.11 bits per heavy atom. The molecular formula is C14H21FN2O2. The second kappa shape index (κ2) is 7.21. The van der Waals surface area contributed by atoms with Crippen LogP contribution in [0.15, 0.2) is 18.2 Å². The van der Waals surface area contributed by atoms with Crippen molar-refractivity contribution in [2.24, 2.45) is 11.8 Å². The number of rotatable bonds is 6. The van der Waals surface area contributed by atoms with Gasteiger partial charge in [-0.25, -0.2) is 10.2 Å². The molecule has 1 amide bonds. The van der Waals surface area contributed by atoms with Crippen LogP contribution in [-0.2, 0) is 11.3 Å². The summed E-state index contributed by atoms with van der Waals surface area (Å²) in [6.45, 7) is 6.30. The summed E-state index contributed by atoms with van der Waals surface area (Å²) in [4.78, 5) is 11.4. The molecule has 0 radical (unpaired) electrons. The van der Waals surface area contributed by atoms with Gasteiger partial charge in [0.1, 0.15) is 5.82 Å². The Kier molecular flexibility index (Phi) is 5.92. The number of hydrogen-bond acceptors (Lipinski definition) is 3. The molecule has 3 N–H and O–H groups in total. The Balaban J connectivity index is 2.69. The fourth-order valence-corrected chi connectivity index (χ4v) is 1.87. The van der Waals surface area contributed by atoms with Crippen LogP contribution in [0.5, 0.6) is 0 Å². The van der Waals surface area contributed by atoms with Crippen LogP contribution in [0.4, 0.5) is 4.39 Å². The number of carbonyl (C=O) groups excluding carboxylic acids is 1. The number of ether oxygens (including phenoxy) is 1. The molecule has 0 bridgehead atoms. The summed E-state index contributed by atoms with van der Waals surface area (Å²) in [5.74, 6) is 4.74. The lowest BCUT2D eigenvalue weighted by molar-refractivity contribution is 0.0382. The van der Waals surface area contributed by atoms with Crippen LogP contribution >= 0.6 is 0 Å². The Labute approximate surface area is 113 Å². The maximum atomic E-state index is 13.6. The van der Waals surface area contributed by atoms with E-state index < -0.39 is 5.91 Å². The summed E-state index contributed by atoms with van der Waals surface area (Å²) in [7, 11) is 0. The molecule has 0 spiro atoms. The van der Waals surface area contributed by atoms with Gasteiger partial charge in [-0.1, -0.05) is 13.8 Å². The zero-order valence-corrected chi connectivity index (χ0v) is 11.6. The summed E-state index contributed by atoms with van der Waals surface area (Å²) < 4.78 is 19.2. The monoisotopic (exact) mass is 268 g/mol. The van der Waals surface area contributed by atoms with E-state index in [-0.39, 0.29) is 18.5 Å². The van der Waals surface area contributed by atoms with Gasteiger partial charge in [0.05, 0.1) is 12.7 Å². The summed E-state index contributed by atoms with van der Waals surface area (Å²) in [5, 5.41) is 0. The maximum Gasteiger partial charge on any atom is 0.265 e. The molecular weight excluding hydrogens is 247 g/mol. The van der Waals surface area contributed by atoms with Gasteiger partial charge in [-0.3, -0.25) is 10.2 Å². The van der Waals surface area contributed by atoms with Crippen LogP contribution in [0.3, 0.4) is 0 Å². The number of hydrogen-bond donors (Lipinski definition) is 2. The van der Waals surface area contributed by atoms with Gasteiger partial charge in [0.15, 0.2) is 0 Å². The first kappa shape index (κ1) is 15.6. The van der Waals surface area contributed by atoms with E-state index in [0.717, 1.165) is 6.42 Å². The Morgan fingerprint density at radius 1 is 1.42 bits per heavy atom. The molecule has 5 heteroatoms. The molecule has 0 aliphatic carbocycles. The van der Waals surface area contributed by atoms with Crippen molar-refractivity contribution >= 4 is 5.91 Å². The average molecular weight is 268 g/mol. The van der Waals surface area contributed by atoms with Gasteiger partial charge in [-0.2, -0.15) is 0 Å². The molecule has 0 fully saturated rings. The first-order valence-electron chi connectivity index (χ1n) is 6.35. The Bertz CT molecular complexity index is 435. The second-order valence-corrected chi connectivity index (χ2v) is 5.03.